The Morgan fingerprint density at radius 1 is 1.20 bits per heavy atom. The number of hydrogen-bond acceptors (Lipinski definition) is 2. The van der Waals surface area contributed by atoms with Crippen molar-refractivity contribution in [1.29, 1.82) is 0 Å². The lowest BCUT2D eigenvalue weighted by atomic mass is 10.0. The van der Waals surface area contributed by atoms with E-state index in [0.717, 1.165) is 36.5 Å². The van der Waals surface area contributed by atoms with Crippen molar-refractivity contribution >= 4 is 11.6 Å². The molecule has 4 heteroatoms. The molecule has 0 saturated heterocycles. The predicted molar refractivity (Wildman–Crippen MR) is 80.8 cm³/mol. The smallest absolute Gasteiger partial charge is 0.270 e. The van der Waals surface area contributed by atoms with E-state index in [1.807, 2.05) is 48.9 Å². The highest BCUT2D eigenvalue weighted by Gasteiger charge is 2.13. The van der Waals surface area contributed by atoms with Crippen molar-refractivity contribution in [3.63, 3.8) is 0 Å². The van der Waals surface area contributed by atoms with Gasteiger partial charge in [-0.25, -0.2) is 0 Å². The first kappa shape index (κ1) is 12.8. The largest absolute Gasteiger partial charge is 0.385 e. The predicted octanol–water partition coefficient (Wildman–Crippen LogP) is 2.85. The van der Waals surface area contributed by atoms with Gasteiger partial charge in [-0.1, -0.05) is 0 Å². The second-order valence-electron chi connectivity index (χ2n) is 5.29. The summed E-state index contributed by atoms with van der Waals surface area (Å²) >= 11 is 0. The number of aromatic nitrogens is 1. The van der Waals surface area contributed by atoms with Gasteiger partial charge in [-0.3, -0.25) is 14.9 Å². The summed E-state index contributed by atoms with van der Waals surface area (Å²) in [7, 11) is 0. The van der Waals surface area contributed by atoms with Crippen molar-refractivity contribution < 1.29 is 4.79 Å². The van der Waals surface area contributed by atoms with Crippen LogP contribution in [0.1, 0.15) is 33.7 Å². The van der Waals surface area contributed by atoms with Crippen LogP contribution < -0.4 is 10.7 Å². The number of anilines is 1. The molecular formula is C16H19N3O. The fraction of sp³-hybridized carbons (Fsp3) is 0.312. The number of fused-ring (bicyclic) bond motifs is 1. The lowest BCUT2D eigenvalue weighted by Crippen LogP contribution is -2.25. The molecular weight excluding hydrogens is 250 g/mol. The number of amides is 1. The van der Waals surface area contributed by atoms with E-state index in [9.17, 15) is 4.79 Å². The summed E-state index contributed by atoms with van der Waals surface area (Å²) in [5, 5.41) is 3.36. The molecule has 0 atom stereocenters. The van der Waals surface area contributed by atoms with E-state index in [4.69, 9.17) is 0 Å². The molecule has 0 radical (unpaired) electrons. The quantitative estimate of drug-likeness (QED) is 0.880. The van der Waals surface area contributed by atoms with Crippen LogP contribution in [0.25, 0.3) is 0 Å². The summed E-state index contributed by atoms with van der Waals surface area (Å²) < 4.78 is 1.82. The van der Waals surface area contributed by atoms with E-state index in [0.29, 0.717) is 5.56 Å². The summed E-state index contributed by atoms with van der Waals surface area (Å²) in [4.78, 5) is 12.3. The van der Waals surface area contributed by atoms with E-state index in [2.05, 4.69) is 10.7 Å². The van der Waals surface area contributed by atoms with Gasteiger partial charge in [-0.15, -0.1) is 0 Å². The molecule has 2 N–H and O–H groups in total. The Bertz CT molecular complexity index is 638. The molecule has 1 aromatic carbocycles. The van der Waals surface area contributed by atoms with E-state index in [1.165, 1.54) is 5.56 Å². The maximum atomic E-state index is 12.3. The Morgan fingerprint density at radius 2 is 1.95 bits per heavy atom. The van der Waals surface area contributed by atoms with Crippen molar-refractivity contribution in [3.05, 3.63) is 52.8 Å². The van der Waals surface area contributed by atoms with Crippen LogP contribution in [-0.4, -0.2) is 17.1 Å². The summed E-state index contributed by atoms with van der Waals surface area (Å²) in [6.07, 6.45) is 2.15. The third kappa shape index (κ3) is 2.29. The van der Waals surface area contributed by atoms with Gasteiger partial charge in [0.05, 0.1) is 0 Å². The Kier molecular flexibility index (Phi) is 3.22. The van der Waals surface area contributed by atoms with Crippen LogP contribution in [0.4, 0.5) is 5.69 Å². The van der Waals surface area contributed by atoms with Crippen molar-refractivity contribution in [2.75, 3.05) is 17.3 Å². The average molecular weight is 269 g/mol. The second-order valence-corrected chi connectivity index (χ2v) is 5.29. The fourth-order valence-corrected chi connectivity index (χ4v) is 2.63. The van der Waals surface area contributed by atoms with Crippen LogP contribution in [-0.2, 0) is 6.42 Å². The molecule has 1 aliphatic rings. The molecule has 0 saturated carbocycles. The average Bonchev–Trinajstić information content (AvgIpc) is 2.78. The first-order chi connectivity index (χ1) is 9.65. The van der Waals surface area contributed by atoms with Crippen molar-refractivity contribution in [2.45, 2.75) is 26.7 Å². The van der Waals surface area contributed by atoms with Crippen LogP contribution in [0.15, 0.2) is 30.3 Å². The van der Waals surface area contributed by atoms with Crippen LogP contribution in [0, 0.1) is 13.8 Å². The number of carbonyl (C=O) groups is 1. The van der Waals surface area contributed by atoms with Crippen molar-refractivity contribution in [1.82, 2.24) is 4.68 Å². The zero-order chi connectivity index (χ0) is 14.1. The fourth-order valence-electron chi connectivity index (χ4n) is 2.63. The lowest BCUT2D eigenvalue weighted by Gasteiger charge is -2.19. The molecule has 3 rings (SSSR count). The van der Waals surface area contributed by atoms with E-state index < -0.39 is 0 Å². The molecule has 0 bridgehead atoms. The van der Waals surface area contributed by atoms with E-state index >= 15 is 0 Å². The first-order valence-corrected chi connectivity index (χ1v) is 6.98. The van der Waals surface area contributed by atoms with Crippen molar-refractivity contribution in [3.8, 4) is 0 Å². The third-order valence-corrected chi connectivity index (χ3v) is 3.79. The molecule has 0 unspecified atom stereocenters. The number of nitrogens with one attached hydrogen (secondary N) is 2. The minimum Gasteiger partial charge on any atom is -0.385 e. The molecule has 0 spiro atoms. The van der Waals surface area contributed by atoms with Crippen molar-refractivity contribution in [2.24, 2.45) is 0 Å². The molecule has 20 heavy (non-hydrogen) atoms. The minimum absolute atomic E-state index is 0.0687. The Hall–Kier alpha value is -2.23. The molecule has 104 valence electrons. The van der Waals surface area contributed by atoms with Gasteiger partial charge in [0.1, 0.15) is 0 Å². The SMILES string of the molecule is Cc1ccc(C)n1NC(=O)c1ccc2c(c1)CCCN2. The van der Waals surface area contributed by atoms with E-state index in [1.54, 1.807) is 0 Å². The Labute approximate surface area is 118 Å². The number of rotatable bonds is 2. The zero-order valence-corrected chi connectivity index (χ0v) is 11.9. The third-order valence-electron chi connectivity index (χ3n) is 3.79. The van der Waals surface area contributed by atoms with E-state index in [-0.39, 0.29) is 5.91 Å². The number of carbonyl (C=O) groups excluding carboxylic acids is 1. The minimum atomic E-state index is -0.0687. The van der Waals surface area contributed by atoms with Gasteiger partial charge in [0.25, 0.3) is 5.91 Å². The molecule has 0 aliphatic carbocycles. The van der Waals surface area contributed by atoms with Gasteiger partial charge in [0, 0.05) is 29.2 Å². The number of benzene rings is 1. The summed E-state index contributed by atoms with van der Waals surface area (Å²) in [6.45, 7) is 4.97. The zero-order valence-electron chi connectivity index (χ0n) is 11.9. The van der Waals surface area contributed by atoms with Gasteiger partial charge in [-0.05, 0) is 62.6 Å². The lowest BCUT2D eigenvalue weighted by molar-refractivity contribution is 0.101. The molecule has 1 amide bonds. The van der Waals surface area contributed by atoms with Gasteiger partial charge in [-0.2, -0.15) is 0 Å². The molecule has 0 fully saturated rings. The molecule has 1 aliphatic heterocycles. The summed E-state index contributed by atoms with van der Waals surface area (Å²) in [6, 6.07) is 9.85. The van der Waals surface area contributed by atoms with Crippen LogP contribution in [0.3, 0.4) is 0 Å². The number of nitrogens with zero attached hydrogens (tertiary/aromatic N) is 1. The number of hydrogen-bond donors (Lipinski definition) is 2. The first-order valence-electron chi connectivity index (χ1n) is 6.98. The maximum Gasteiger partial charge on any atom is 0.270 e. The maximum absolute atomic E-state index is 12.3. The van der Waals surface area contributed by atoms with Crippen LogP contribution in [0.5, 0.6) is 0 Å². The molecule has 1 aromatic heterocycles. The van der Waals surface area contributed by atoms with Gasteiger partial charge in [0.15, 0.2) is 0 Å². The van der Waals surface area contributed by atoms with Gasteiger partial charge >= 0.3 is 0 Å². The monoisotopic (exact) mass is 269 g/mol. The summed E-state index contributed by atoms with van der Waals surface area (Å²) in [5.74, 6) is -0.0687. The second kappa shape index (κ2) is 5.04. The standard InChI is InChI=1S/C16H19N3O/c1-11-5-6-12(2)19(11)18-16(20)14-7-8-15-13(10-14)4-3-9-17-15/h5-8,10,17H,3-4,9H2,1-2H3,(H,18,20). The van der Waals surface area contributed by atoms with Gasteiger partial charge < -0.3 is 5.32 Å². The molecule has 4 nitrogen and oxygen atoms in total. The highest BCUT2D eigenvalue weighted by Crippen LogP contribution is 2.23. The van der Waals surface area contributed by atoms with Crippen LogP contribution >= 0.6 is 0 Å². The summed E-state index contributed by atoms with van der Waals surface area (Å²) in [5.41, 5.74) is 8.07. The Morgan fingerprint density at radius 3 is 2.70 bits per heavy atom. The normalized spacial score (nSPS) is 13.5. The highest BCUT2D eigenvalue weighted by molar-refractivity contribution is 6.00. The molecule has 2 heterocycles. The van der Waals surface area contributed by atoms with Gasteiger partial charge in [0.2, 0.25) is 0 Å². The molecule has 2 aromatic rings. The highest BCUT2D eigenvalue weighted by atomic mass is 16.2. The Balaban J connectivity index is 1.84. The van der Waals surface area contributed by atoms with Crippen LogP contribution in [0.2, 0.25) is 0 Å². The number of aryl methyl sites for hydroxylation is 3. The topological polar surface area (TPSA) is 46.1 Å².